The number of morpholine rings is 1. The van der Waals surface area contributed by atoms with Crippen LogP contribution in [0.5, 0.6) is 0 Å². The minimum atomic E-state index is -0.221. The number of nitrogens with zero attached hydrogens (tertiary/aromatic N) is 1. The number of nitrogens with one attached hydrogen (secondary N) is 2. The second kappa shape index (κ2) is 8.51. The summed E-state index contributed by atoms with van der Waals surface area (Å²) in [6.07, 6.45) is 0. The van der Waals surface area contributed by atoms with Crippen LogP contribution in [0.3, 0.4) is 0 Å². The molecule has 6 heteroatoms. The minimum absolute atomic E-state index is 0.00369. The first-order chi connectivity index (χ1) is 10.7. The van der Waals surface area contributed by atoms with E-state index in [2.05, 4.69) is 15.5 Å². The van der Waals surface area contributed by atoms with E-state index in [9.17, 15) is 9.59 Å². The average Bonchev–Trinajstić information content (AvgIpc) is 2.54. The normalized spacial score (nSPS) is 15.3. The first-order valence-corrected chi connectivity index (χ1v) is 7.57. The molecule has 0 unspecified atom stereocenters. The summed E-state index contributed by atoms with van der Waals surface area (Å²) in [7, 11) is 0. The topological polar surface area (TPSA) is 70.7 Å². The molecule has 0 atom stereocenters. The smallest absolute Gasteiger partial charge is 0.251 e. The predicted molar refractivity (Wildman–Crippen MR) is 83.8 cm³/mol. The molecule has 1 aliphatic heterocycles. The maximum atomic E-state index is 12.0. The van der Waals surface area contributed by atoms with Crippen LogP contribution in [-0.4, -0.2) is 62.7 Å². The fourth-order valence-electron chi connectivity index (χ4n) is 2.32. The fraction of sp³-hybridized carbons (Fsp3) is 0.500. The van der Waals surface area contributed by atoms with Gasteiger partial charge in [-0.2, -0.15) is 0 Å². The van der Waals surface area contributed by atoms with Gasteiger partial charge in [0, 0.05) is 31.7 Å². The molecule has 1 fully saturated rings. The summed E-state index contributed by atoms with van der Waals surface area (Å²) in [6.45, 7) is 6.56. The highest BCUT2D eigenvalue weighted by Gasteiger charge is 2.11. The molecule has 6 nitrogen and oxygen atoms in total. The van der Waals surface area contributed by atoms with Gasteiger partial charge in [-0.15, -0.1) is 0 Å². The first kappa shape index (κ1) is 16.5. The number of benzene rings is 1. The lowest BCUT2D eigenvalue weighted by molar-refractivity contribution is -0.120. The van der Waals surface area contributed by atoms with E-state index in [1.807, 2.05) is 25.1 Å². The van der Waals surface area contributed by atoms with E-state index in [1.54, 1.807) is 6.07 Å². The SMILES string of the molecule is Cc1ccccc1C(=O)NCC(=O)NCCN1CCOCC1. The molecule has 0 aliphatic carbocycles. The Morgan fingerprint density at radius 3 is 2.64 bits per heavy atom. The average molecular weight is 305 g/mol. The van der Waals surface area contributed by atoms with Crippen LogP contribution in [0.25, 0.3) is 0 Å². The maximum Gasteiger partial charge on any atom is 0.251 e. The van der Waals surface area contributed by atoms with Gasteiger partial charge in [-0.3, -0.25) is 14.5 Å². The van der Waals surface area contributed by atoms with Crippen LogP contribution in [0.2, 0.25) is 0 Å². The summed E-state index contributed by atoms with van der Waals surface area (Å²) in [5, 5.41) is 5.46. The Morgan fingerprint density at radius 2 is 1.91 bits per heavy atom. The van der Waals surface area contributed by atoms with Crippen molar-refractivity contribution in [2.24, 2.45) is 0 Å². The van der Waals surface area contributed by atoms with Crippen molar-refractivity contribution in [1.82, 2.24) is 15.5 Å². The molecule has 22 heavy (non-hydrogen) atoms. The molecule has 0 saturated carbocycles. The maximum absolute atomic E-state index is 12.0. The highest BCUT2D eigenvalue weighted by atomic mass is 16.5. The number of ether oxygens (including phenoxy) is 1. The minimum Gasteiger partial charge on any atom is -0.379 e. The van der Waals surface area contributed by atoms with Crippen molar-refractivity contribution in [1.29, 1.82) is 0 Å². The zero-order chi connectivity index (χ0) is 15.8. The quantitative estimate of drug-likeness (QED) is 0.786. The van der Waals surface area contributed by atoms with Gasteiger partial charge in [0.25, 0.3) is 5.91 Å². The number of hydrogen-bond acceptors (Lipinski definition) is 4. The Kier molecular flexibility index (Phi) is 6.36. The van der Waals surface area contributed by atoms with Gasteiger partial charge in [-0.05, 0) is 18.6 Å². The van der Waals surface area contributed by atoms with Crippen molar-refractivity contribution in [2.45, 2.75) is 6.92 Å². The number of carbonyl (C=O) groups is 2. The number of hydrogen-bond donors (Lipinski definition) is 2. The standard InChI is InChI=1S/C16H23N3O3/c1-13-4-2-3-5-14(13)16(21)18-12-15(20)17-6-7-19-8-10-22-11-9-19/h2-5H,6-12H2,1H3,(H,17,20)(H,18,21). The molecule has 1 aromatic carbocycles. The molecule has 0 bridgehead atoms. The third kappa shape index (κ3) is 5.13. The Bertz CT molecular complexity index is 513. The Morgan fingerprint density at radius 1 is 1.18 bits per heavy atom. The van der Waals surface area contributed by atoms with Gasteiger partial charge in [0.15, 0.2) is 0 Å². The summed E-state index contributed by atoms with van der Waals surface area (Å²) < 4.78 is 5.27. The molecule has 2 rings (SSSR count). The molecule has 1 heterocycles. The number of carbonyl (C=O) groups excluding carboxylic acids is 2. The lowest BCUT2D eigenvalue weighted by Gasteiger charge is -2.26. The third-order valence-corrected chi connectivity index (χ3v) is 3.65. The Balaban J connectivity index is 1.65. The lowest BCUT2D eigenvalue weighted by Crippen LogP contribution is -2.43. The molecule has 1 saturated heterocycles. The van der Waals surface area contributed by atoms with Crippen LogP contribution in [0.4, 0.5) is 0 Å². The highest BCUT2D eigenvalue weighted by molar-refractivity contribution is 5.97. The lowest BCUT2D eigenvalue weighted by atomic mass is 10.1. The second-order valence-electron chi connectivity index (χ2n) is 5.30. The molecule has 1 aliphatic rings. The monoisotopic (exact) mass is 305 g/mol. The van der Waals surface area contributed by atoms with Gasteiger partial charge in [0.2, 0.25) is 5.91 Å². The molecule has 2 amide bonds. The number of rotatable bonds is 6. The van der Waals surface area contributed by atoms with Crippen LogP contribution in [-0.2, 0) is 9.53 Å². The highest BCUT2D eigenvalue weighted by Crippen LogP contribution is 2.05. The van der Waals surface area contributed by atoms with E-state index in [0.29, 0.717) is 12.1 Å². The van der Waals surface area contributed by atoms with Gasteiger partial charge < -0.3 is 15.4 Å². The van der Waals surface area contributed by atoms with Crippen molar-refractivity contribution in [3.8, 4) is 0 Å². The van der Waals surface area contributed by atoms with Gasteiger partial charge in [-0.1, -0.05) is 18.2 Å². The first-order valence-electron chi connectivity index (χ1n) is 7.57. The number of aryl methyl sites for hydroxylation is 1. The Labute approximate surface area is 130 Å². The van der Waals surface area contributed by atoms with Gasteiger partial charge in [-0.25, -0.2) is 0 Å². The van der Waals surface area contributed by atoms with Crippen LogP contribution in [0.1, 0.15) is 15.9 Å². The fourth-order valence-corrected chi connectivity index (χ4v) is 2.32. The zero-order valence-corrected chi connectivity index (χ0v) is 12.9. The second-order valence-corrected chi connectivity index (χ2v) is 5.30. The van der Waals surface area contributed by atoms with Crippen LogP contribution >= 0.6 is 0 Å². The van der Waals surface area contributed by atoms with Gasteiger partial charge >= 0.3 is 0 Å². The van der Waals surface area contributed by atoms with Crippen LogP contribution in [0.15, 0.2) is 24.3 Å². The van der Waals surface area contributed by atoms with E-state index in [0.717, 1.165) is 38.4 Å². The van der Waals surface area contributed by atoms with Crippen molar-refractivity contribution in [3.63, 3.8) is 0 Å². The molecule has 120 valence electrons. The van der Waals surface area contributed by atoms with Gasteiger partial charge in [0.05, 0.1) is 19.8 Å². The largest absolute Gasteiger partial charge is 0.379 e. The van der Waals surface area contributed by atoms with Crippen molar-refractivity contribution < 1.29 is 14.3 Å². The summed E-state index contributed by atoms with van der Waals surface area (Å²) in [5.74, 6) is -0.392. The summed E-state index contributed by atoms with van der Waals surface area (Å²) in [6, 6.07) is 7.31. The van der Waals surface area contributed by atoms with E-state index < -0.39 is 0 Å². The third-order valence-electron chi connectivity index (χ3n) is 3.65. The van der Waals surface area contributed by atoms with E-state index in [4.69, 9.17) is 4.74 Å². The predicted octanol–water partition coefficient (Wildman–Crippen LogP) is 0.173. The van der Waals surface area contributed by atoms with Gasteiger partial charge in [0.1, 0.15) is 0 Å². The molecular weight excluding hydrogens is 282 g/mol. The summed E-state index contributed by atoms with van der Waals surface area (Å²) >= 11 is 0. The summed E-state index contributed by atoms with van der Waals surface area (Å²) in [5.41, 5.74) is 1.50. The number of amides is 2. The Hall–Kier alpha value is -1.92. The molecular formula is C16H23N3O3. The van der Waals surface area contributed by atoms with Crippen molar-refractivity contribution in [2.75, 3.05) is 45.9 Å². The zero-order valence-electron chi connectivity index (χ0n) is 12.9. The molecule has 0 aromatic heterocycles. The van der Waals surface area contributed by atoms with E-state index in [1.165, 1.54) is 0 Å². The molecule has 2 N–H and O–H groups in total. The summed E-state index contributed by atoms with van der Waals surface area (Å²) in [4.78, 5) is 26.0. The van der Waals surface area contributed by atoms with Crippen molar-refractivity contribution in [3.05, 3.63) is 35.4 Å². The van der Waals surface area contributed by atoms with Crippen LogP contribution in [0, 0.1) is 6.92 Å². The van der Waals surface area contributed by atoms with Crippen molar-refractivity contribution >= 4 is 11.8 Å². The van der Waals surface area contributed by atoms with E-state index >= 15 is 0 Å². The van der Waals surface area contributed by atoms with E-state index in [-0.39, 0.29) is 18.4 Å². The molecule has 0 spiro atoms. The molecule has 0 radical (unpaired) electrons. The molecule has 1 aromatic rings. The van der Waals surface area contributed by atoms with Crippen LogP contribution < -0.4 is 10.6 Å².